The number of piperazine rings is 1. The van der Waals surface area contributed by atoms with Crippen LogP contribution in [-0.4, -0.2) is 53.9 Å². The highest BCUT2D eigenvalue weighted by molar-refractivity contribution is 5.87. The highest BCUT2D eigenvalue weighted by Gasteiger charge is 2.32. The summed E-state index contributed by atoms with van der Waals surface area (Å²) in [5, 5.41) is 20.3. The molecule has 0 aromatic heterocycles. The molecule has 8 heteroatoms. The van der Waals surface area contributed by atoms with Crippen molar-refractivity contribution in [2.75, 3.05) is 33.2 Å². The van der Waals surface area contributed by atoms with Gasteiger partial charge in [-0.1, -0.05) is 0 Å². The maximum absolute atomic E-state index is 13.2. The van der Waals surface area contributed by atoms with E-state index in [9.17, 15) is 24.6 Å². The molecule has 2 rings (SSSR count). The molecule has 1 fully saturated rings. The molecule has 116 valence electrons. The Morgan fingerprint density at radius 2 is 2.05 bits per heavy atom. The zero-order valence-corrected chi connectivity index (χ0v) is 12.0. The molecule has 1 heterocycles. The Morgan fingerprint density at radius 3 is 2.59 bits per heavy atom. The second-order valence-electron chi connectivity index (χ2n) is 5.15. The second-order valence-corrected chi connectivity index (χ2v) is 5.15. The summed E-state index contributed by atoms with van der Waals surface area (Å²) < 4.78 is 13.2. The first-order chi connectivity index (χ1) is 10.4. The highest BCUT2D eigenvalue weighted by atomic mass is 19.1. The number of nitro groups is 1. The largest absolute Gasteiger partial charge is 0.339 e. The first kappa shape index (κ1) is 15.9. The smallest absolute Gasteiger partial charge is 0.277 e. The second kappa shape index (κ2) is 6.49. The van der Waals surface area contributed by atoms with E-state index in [0.717, 1.165) is 18.2 Å². The van der Waals surface area contributed by atoms with Crippen molar-refractivity contribution in [3.8, 4) is 6.07 Å². The number of nitriles is 1. The lowest BCUT2D eigenvalue weighted by atomic mass is 9.96. The summed E-state index contributed by atoms with van der Waals surface area (Å²) in [7, 11) is 1.93. The Hall–Kier alpha value is -2.53. The van der Waals surface area contributed by atoms with Crippen LogP contribution < -0.4 is 0 Å². The third-order valence-electron chi connectivity index (χ3n) is 3.69. The third kappa shape index (κ3) is 3.20. The molecule has 1 unspecified atom stereocenters. The summed E-state index contributed by atoms with van der Waals surface area (Å²) >= 11 is 0. The van der Waals surface area contributed by atoms with Gasteiger partial charge in [0.25, 0.3) is 5.69 Å². The number of rotatable bonds is 3. The fourth-order valence-corrected chi connectivity index (χ4v) is 2.39. The lowest BCUT2D eigenvalue weighted by Crippen LogP contribution is -2.48. The lowest BCUT2D eigenvalue weighted by molar-refractivity contribution is -0.385. The summed E-state index contributed by atoms with van der Waals surface area (Å²) in [6.07, 6.45) is 0. The number of carbonyl (C=O) groups excluding carboxylic acids is 1. The lowest BCUT2D eigenvalue weighted by Gasteiger charge is -2.33. The van der Waals surface area contributed by atoms with Gasteiger partial charge in [-0.2, -0.15) is 5.26 Å². The fraction of sp³-hybridized carbons (Fsp3) is 0.429. The van der Waals surface area contributed by atoms with Gasteiger partial charge in [-0.25, -0.2) is 4.39 Å². The Bertz CT molecular complexity index is 635. The summed E-state index contributed by atoms with van der Waals surface area (Å²) in [5.41, 5.74) is -0.619. The number of nitro benzene ring substituents is 1. The summed E-state index contributed by atoms with van der Waals surface area (Å²) in [6, 6.07) is 4.69. The van der Waals surface area contributed by atoms with Crippen LogP contribution in [0.25, 0.3) is 0 Å². The van der Waals surface area contributed by atoms with Gasteiger partial charge in [0.15, 0.2) is 5.92 Å². The van der Waals surface area contributed by atoms with Crippen LogP contribution in [0.1, 0.15) is 11.5 Å². The van der Waals surface area contributed by atoms with Gasteiger partial charge in [-0.15, -0.1) is 0 Å². The molecule has 0 aliphatic carbocycles. The summed E-state index contributed by atoms with van der Waals surface area (Å²) in [4.78, 5) is 26.3. The van der Waals surface area contributed by atoms with Gasteiger partial charge in [0.05, 0.1) is 22.6 Å². The zero-order valence-electron chi connectivity index (χ0n) is 12.0. The van der Waals surface area contributed by atoms with Crippen molar-refractivity contribution in [2.45, 2.75) is 5.92 Å². The van der Waals surface area contributed by atoms with E-state index in [0.29, 0.717) is 26.2 Å². The number of hydrogen-bond acceptors (Lipinski definition) is 5. The van der Waals surface area contributed by atoms with Crippen LogP contribution in [0.3, 0.4) is 0 Å². The molecular weight excluding hydrogens is 291 g/mol. The summed E-state index contributed by atoms with van der Waals surface area (Å²) in [5.74, 6) is -2.56. The monoisotopic (exact) mass is 306 g/mol. The van der Waals surface area contributed by atoms with E-state index in [1.807, 2.05) is 18.0 Å². The molecule has 0 radical (unpaired) electrons. The number of halogens is 1. The van der Waals surface area contributed by atoms with E-state index in [4.69, 9.17) is 0 Å². The van der Waals surface area contributed by atoms with Crippen LogP contribution in [0.5, 0.6) is 0 Å². The predicted octanol–water partition coefficient (Wildman–Crippen LogP) is 1.12. The first-order valence-corrected chi connectivity index (χ1v) is 6.75. The molecule has 1 atom stereocenters. The van der Waals surface area contributed by atoms with Gasteiger partial charge in [0.2, 0.25) is 5.91 Å². The van der Waals surface area contributed by atoms with Crippen molar-refractivity contribution in [2.24, 2.45) is 0 Å². The standard InChI is InChI=1S/C14H15FN4O3/c1-17-4-6-18(7-5-17)14(20)12(9-16)11-3-2-10(15)8-13(11)19(21)22/h2-3,8,12H,4-7H2,1H3. The third-order valence-corrected chi connectivity index (χ3v) is 3.69. The minimum Gasteiger partial charge on any atom is -0.339 e. The van der Waals surface area contributed by atoms with E-state index < -0.39 is 28.3 Å². The van der Waals surface area contributed by atoms with E-state index in [1.165, 1.54) is 4.90 Å². The van der Waals surface area contributed by atoms with Crippen LogP contribution >= 0.6 is 0 Å². The van der Waals surface area contributed by atoms with Gasteiger partial charge in [0, 0.05) is 26.2 Å². The average molecular weight is 306 g/mol. The number of benzene rings is 1. The molecule has 0 bridgehead atoms. The van der Waals surface area contributed by atoms with Crippen LogP contribution in [-0.2, 0) is 4.79 Å². The SMILES string of the molecule is CN1CCN(C(=O)C(C#N)c2ccc(F)cc2[N+](=O)[O-])CC1. The zero-order chi connectivity index (χ0) is 16.3. The molecule has 1 aromatic carbocycles. The van der Waals surface area contributed by atoms with Gasteiger partial charge < -0.3 is 9.80 Å². The quantitative estimate of drug-likeness (QED) is 0.616. The Kier molecular flexibility index (Phi) is 4.68. The molecule has 0 spiro atoms. The number of likely N-dealkylation sites (N-methyl/N-ethyl adjacent to an activating group) is 1. The maximum Gasteiger partial charge on any atom is 0.277 e. The minimum atomic E-state index is -1.30. The van der Waals surface area contributed by atoms with Crippen molar-refractivity contribution < 1.29 is 14.1 Å². The first-order valence-electron chi connectivity index (χ1n) is 6.75. The molecule has 0 saturated carbocycles. The Balaban J connectivity index is 2.31. The van der Waals surface area contributed by atoms with Crippen molar-refractivity contribution >= 4 is 11.6 Å². The predicted molar refractivity (Wildman–Crippen MR) is 75.5 cm³/mol. The molecular formula is C14H15FN4O3. The van der Waals surface area contributed by atoms with Gasteiger partial charge in [0.1, 0.15) is 5.82 Å². The van der Waals surface area contributed by atoms with Crippen molar-refractivity contribution in [1.29, 1.82) is 5.26 Å². The molecule has 1 saturated heterocycles. The van der Waals surface area contributed by atoms with E-state index in [2.05, 4.69) is 0 Å². The van der Waals surface area contributed by atoms with Gasteiger partial charge in [-0.3, -0.25) is 14.9 Å². The van der Waals surface area contributed by atoms with Crippen LogP contribution in [0, 0.1) is 27.3 Å². The van der Waals surface area contributed by atoms with Gasteiger partial charge >= 0.3 is 0 Å². The van der Waals surface area contributed by atoms with Crippen LogP contribution in [0.2, 0.25) is 0 Å². The van der Waals surface area contributed by atoms with E-state index in [1.54, 1.807) is 0 Å². The molecule has 1 aromatic rings. The maximum atomic E-state index is 13.2. The molecule has 7 nitrogen and oxygen atoms in total. The van der Waals surface area contributed by atoms with Crippen molar-refractivity contribution in [3.05, 3.63) is 39.7 Å². The van der Waals surface area contributed by atoms with E-state index in [-0.39, 0.29) is 5.56 Å². The minimum absolute atomic E-state index is 0.0715. The van der Waals surface area contributed by atoms with Crippen molar-refractivity contribution in [1.82, 2.24) is 9.80 Å². The average Bonchev–Trinajstić information content (AvgIpc) is 2.49. The summed E-state index contributed by atoms with van der Waals surface area (Å²) in [6.45, 7) is 2.27. The number of carbonyl (C=O) groups is 1. The number of hydrogen-bond donors (Lipinski definition) is 0. The molecule has 22 heavy (non-hydrogen) atoms. The van der Waals surface area contributed by atoms with Crippen LogP contribution in [0.4, 0.5) is 10.1 Å². The Labute approximate surface area is 126 Å². The normalized spacial score (nSPS) is 16.9. The highest BCUT2D eigenvalue weighted by Crippen LogP contribution is 2.29. The Morgan fingerprint density at radius 1 is 1.41 bits per heavy atom. The molecule has 1 aliphatic heterocycles. The molecule has 0 N–H and O–H groups in total. The van der Waals surface area contributed by atoms with Crippen molar-refractivity contribution in [3.63, 3.8) is 0 Å². The van der Waals surface area contributed by atoms with Gasteiger partial charge in [-0.05, 0) is 19.2 Å². The van der Waals surface area contributed by atoms with E-state index >= 15 is 0 Å². The van der Waals surface area contributed by atoms with Crippen LogP contribution in [0.15, 0.2) is 18.2 Å². The molecule has 1 aliphatic rings. The number of amides is 1. The topological polar surface area (TPSA) is 90.5 Å². The number of nitrogens with zero attached hydrogens (tertiary/aromatic N) is 4. The molecule has 1 amide bonds. The fourth-order valence-electron chi connectivity index (χ4n) is 2.39.